The predicted molar refractivity (Wildman–Crippen MR) is 55.6 cm³/mol. The Morgan fingerprint density at radius 1 is 1.21 bits per heavy atom. The summed E-state index contributed by atoms with van der Waals surface area (Å²) < 4.78 is 26.5. The first-order valence-corrected chi connectivity index (χ1v) is 5.57. The molecule has 0 saturated heterocycles. The van der Waals surface area contributed by atoms with Crippen molar-refractivity contribution in [1.29, 1.82) is 0 Å². The third kappa shape index (κ3) is 1.22. The number of halogens is 3. The average Bonchev–Trinajstić information content (AvgIpc) is 2.38. The maximum atomic E-state index is 13.5. The van der Waals surface area contributed by atoms with Crippen molar-refractivity contribution in [3.05, 3.63) is 34.9 Å². The summed E-state index contributed by atoms with van der Waals surface area (Å²) in [7, 11) is 0. The summed E-state index contributed by atoms with van der Waals surface area (Å²) in [6, 6.07) is 2.88. The van der Waals surface area contributed by atoms with Crippen molar-refractivity contribution < 1.29 is 8.78 Å². The second kappa shape index (κ2) is 3.30. The minimum atomic E-state index is -0.746. The van der Waals surface area contributed by atoms with Crippen LogP contribution >= 0.6 is 15.9 Å². The van der Waals surface area contributed by atoms with E-state index in [9.17, 15) is 8.78 Å². The van der Waals surface area contributed by atoms with Crippen LogP contribution in [0.1, 0.15) is 35.7 Å². The first kappa shape index (κ1) is 10.1. The Morgan fingerprint density at radius 2 is 1.86 bits per heavy atom. The van der Waals surface area contributed by atoms with E-state index >= 15 is 0 Å². The molecular formula is C11H11BrF2. The highest BCUT2D eigenvalue weighted by Crippen LogP contribution is 2.50. The minimum absolute atomic E-state index is 0.0741. The van der Waals surface area contributed by atoms with Crippen LogP contribution < -0.4 is 0 Å². The molecule has 1 aromatic rings. The van der Waals surface area contributed by atoms with Gasteiger partial charge in [-0.15, -0.1) is 0 Å². The summed E-state index contributed by atoms with van der Waals surface area (Å²) in [5, 5.41) is 0. The van der Waals surface area contributed by atoms with E-state index in [1.165, 1.54) is 6.07 Å². The van der Waals surface area contributed by atoms with Gasteiger partial charge < -0.3 is 0 Å². The molecule has 0 fully saturated rings. The molecule has 3 unspecified atom stereocenters. The highest BCUT2D eigenvalue weighted by atomic mass is 79.9. The van der Waals surface area contributed by atoms with Crippen LogP contribution in [0.4, 0.5) is 8.78 Å². The van der Waals surface area contributed by atoms with E-state index in [1.54, 1.807) is 6.07 Å². The maximum absolute atomic E-state index is 13.5. The third-order valence-corrected chi connectivity index (χ3v) is 4.50. The topological polar surface area (TPSA) is 0 Å². The second-order valence-electron chi connectivity index (χ2n) is 3.91. The van der Waals surface area contributed by atoms with Gasteiger partial charge in [-0.2, -0.15) is 0 Å². The molecule has 0 N–H and O–H groups in total. The lowest BCUT2D eigenvalue weighted by atomic mass is 9.96. The van der Waals surface area contributed by atoms with E-state index < -0.39 is 11.6 Å². The summed E-state index contributed by atoms with van der Waals surface area (Å²) in [5.74, 6) is -1.04. The summed E-state index contributed by atoms with van der Waals surface area (Å²) in [6.07, 6.45) is 0. The number of hydrogen-bond acceptors (Lipinski definition) is 0. The maximum Gasteiger partial charge on any atom is 0.162 e. The van der Waals surface area contributed by atoms with Gasteiger partial charge in [0.15, 0.2) is 11.6 Å². The summed E-state index contributed by atoms with van der Waals surface area (Å²) in [5.41, 5.74) is 1.43. The molecule has 0 radical (unpaired) electrons. The SMILES string of the molecule is CC1c2c(ccc(F)c2F)C(Br)C1C. The Bertz CT molecular complexity index is 376. The van der Waals surface area contributed by atoms with Gasteiger partial charge in [0.2, 0.25) is 0 Å². The van der Waals surface area contributed by atoms with E-state index in [4.69, 9.17) is 0 Å². The van der Waals surface area contributed by atoms with E-state index in [-0.39, 0.29) is 10.7 Å². The highest BCUT2D eigenvalue weighted by molar-refractivity contribution is 9.09. The molecule has 0 saturated carbocycles. The van der Waals surface area contributed by atoms with Crippen molar-refractivity contribution in [3.8, 4) is 0 Å². The Hall–Kier alpha value is -0.440. The van der Waals surface area contributed by atoms with Crippen molar-refractivity contribution >= 4 is 15.9 Å². The normalized spacial score (nSPS) is 30.5. The van der Waals surface area contributed by atoms with Crippen LogP contribution in [0, 0.1) is 17.6 Å². The van der Waals surface area contributed by atoms with Gasteiger partial charge in [0.25, 0.3) is 0 Å². The van der Waals surface area contributed by atoms with Crippen LogP contribution in [0.25, 0.3) is 0 Å². The van der Waals surface area contributed by atoms with Crippen LogP contribution in [0.3, 0.4) is 0 Å². The molecule has 1 aliphatic rings. The molecule has 0 heterocycles. The lowest BCUT2D eigenvalue weighted by Crippen LogP contribution is -2.01. The summed E-state index contributed by atoms with van der Waals surface area (Å²) in [6.45, 7) is 3.98. The van der Waals surface area contributed by atoms with Gasteiger partial charge >= 0.3 is 0 Å². The van der Waals surface area contributed by atoms with Crippen molar-refractivity contribution in [2.45, 2.75) is 24.6 Å². The Kier molecular flexibility index (Phi) is 2.38. The van der Waals surface area contributed by atoms with E-state index in [2.05, 4.69) is 15.9 Å². The molecule has 0 bridgehead atoms. The molecule has 1 aliphatic carbocycles. The van der Waals surface area contributed by atoms with Crippen LogP contribution in [0.2, 0.25) is 0 Å². The van der Waals surface area contributed by atoms with Gasteiger partial charge in [0.05, 0.1) is 0 Å². The fourth-order valence-electron chi connectivity index (χ4n) is 2.08. The molecule has 14 heavy (non-hydrogen) atoms. The molecule has 1 aromatic carbocycles. The molecule has 0 aliphatic heterocycles. The van der Waals surface area contributed by atoms with Crippen LogP contribution in [0.15, 0.2) is 12.1 Å². The number of rotatable bonds is 0. The number of alkyl halides is 1. The summed E-state index contributed by atoms with van der Waals surface area (Å²) >= 11 is 3.51. The molecule has 0 nitrogen and oxygen atoms in total. The van der Waals surface area contributed by atoms with Gasteiger partial charge in [0, 0.05) is 4.83 Å². The van der Waals surface area contributed by atoms with Crippen molar-refractivity contribution in [2.24, 2.45) is 5.92 Å². The molecule has 0 spiro atoms. The Labute approximate surface area is 90.4 Å². The van der Waals surface area contributed by atoms with Crippen molar-refractivity contribution in [1.82, 2.24) is 0 Å². The number of hydrogen-bond donors (Lipinski definition) is 0. The van der Waals surface area contributed by atoms with Gasteiger partial charge in [-0.25, -0.2) is 8.78 Å². The van der Waals surface area contributed by atoms with Crippen molar-refractivity contribution in [2.75, 3.05) is 0 Å². The van der Waals surface area contributed by atoms with Gasteiger partial charge in [-0.1, -0.05) is 35.8 Å². The number of benzene rings is 1. The smallest absolute Gasteiger partial charge is 0.162 e. The minimum Gasteiger partial charge on any atom is -0.204 e. The van der Waals surface area contributed by atoms with Gasteiger partial charge in [-0.3, -0.25) is 0 Å². The number of fused-ring (bicyclic) bond motifs is 1. The van der Waals surface area contributed by atoms with E-state index in [1.807, 2.05) is 13.8 Å². The standard InChI is InChI=1S/C11H11BrF2/c1-5-6(2)10(12)7-3-4-8(13)11(14)9(5)7/h3-6,10H,1-2H3. The highest BCUT2D eigenvalue weighted by Gasteiger charge is 2.36. The zero-order valence-corrected chi connectivity index (χ0v) is 9.61. The Balaban J connectivity index is 2.64. The average molecular weight is 261 g/mol. The van der Waals surface area contributed by atoms with Crippen LogP contribution in [-0.4, -0.2) is 0 Å². The first-order valence-electron chi connectivity index (χ1n) is 4.66. The fraction of sp³-hybridized carbons (Fsp3) is 0.455. The zero-order chi connectivity index (χ0) is 10.5. The third-order valence-electron chi connectivity index (χ3n) is 3.17. The summed E-state index contributed by atoms with van der Waals surface area (Å²) in [4.78, 5) is 0.141. The molecule has 3 atom stereocenters. The molecule has 2 rings (SSSR count). The monoisotopic (exact) mass is 260 g/mol. The first-order chi connectivity index (χ1) is 6.54. The molecule has 76 valence electrons. The Morgan fingerprint density at radius 3 is 2.50 bits per heavy atom. The van der Waals surface area contributed by atoms with E-state index in [0.717, 1.165) is 5.56 Å². The van der Waals surface area contributed by atoms with Crippen molar-refractivity contribution in [3.63, 3.8) is 0 Å². The quantitative estimate of drug-likeness (QED) is 0.615. The lowest BCUT2D eigenvalue weighted by molar-refractivity contribution is 0.474. The predicted octanol–water partition coefficient (Wildman–Crippen LogP) is 4.15. The molecule has 0 aromatic heterocycles. The van der Waals surface area contributed by atoms with Gasteiger partial charge in [-0.05, 0) is 29.0 Å². The van der Waals surface area contributed by atoms with Crippen LogP contribution in [-0.2, 0) is 0 Å². The molecule has 3 heteroatoms. The second-order valence-corrected chi connectivity index (χ2v) is 4.90. The fourth-order valence-corrected chi connectivity index (χ4v) is 2.94. The van der Waals surface area contributed by atoms with Crippen LogP contribution in [0.5, 0.6) is 0 Å². The molecular weight excluding hydrogens is 250 g/mol. The zero-order valence-electron chi connectivity index (χ0n) is 8.02. The largest absolute Gasteiger partial charge is 0.204 e. The van der Waals surface area contributed by atoms with Gasteiger partial charge in [0.1, 0.15) is 0 Å². The molecule has 0 amide bonds. The van der Waals surface area contributed by atoms with E-state index in [0.29, 0.717) is 11.5 Å². The lowest BCUT2D eigenvalue weighted by Gasteiger charge is -2.12.